The number of anilines is 1. The van der Waals surface area contributed by atoms with Gasteiger partial charge >= 0.3 is 0 Å². The normalized spacial score (nSPS) is 18.8. The molecule has 1 atom stereocenters. The maximum atomic E-state index is 5.64. The molecule has 0 bridgehead atoms. The topological polar surface area (TPSA) is 21.3 Å². The van der Waals surface area contributed by atoms with Crippen molar-refractivity contribution in [3.63, 3.8) is 0 Å². The van der Waals surface area contributed by atoms with Gasteiger partial charge in [0.2, 0.25) is 0 Å². The van der Waals surface area contributed by atoms with Crippen LogP contribution in [0, 0.1) is 5.92 Å². The Bertz CT molecular complexity index is 349. The van der Waals surface area contributed by atoms with E-state index in [0.29, 0.717) is 0 Å². The first kappa shape index (κ1) is 11.3. The number of ether oxygens (including phenoxy) is 1. The Hall–Kier alpha value is -1.18. The highest BCUT2D eigenvalue weighted by Gasteiger charge is 2.19. The third-order valence-corrected chi connectivity index (χ3v) is 3.19. The molecule has 0 fully saturated rings. The molecule has 2 heteroatoms. The van der Waals surface area contributed by atoms with Gasteiger partial charge in [0.25, 0.3) is 0 Å². The number of hydrogen-bond acceptors (Lipinski definition) is 2. The van der Waals surface area contributed by atoms with Crippen molar-refractivity contribution in [3.05, 3.63) is 23.8 Å². The predicted octanol–water partition coefficient (Wildman–Crippen LogP) is 3.47. The molecule has 1 unspecified atom stereocenters. The molecular weight excluding hydrogens is 198 g/mol. The second-order valence-electron chi connectivity index (χ2n) is 4.46. The lowest BCUT2D eigenvalue weighted by molar-refractivity contribution is 0.340. The van der Waals surface area contributed by atoms with Crippen LogP contribution in [0.4, 0.5) is 5.69 Å². The molecule has 1 aliphatic heterocycles. The summed E-state index contributed by atoms with van der Waals surface area (Å²) < 4.78 is 5.64. The summed E-state index contributed by atoms with van der Waals surface area (Å²) in [5.41, 5.74) is 2.63. The molecule has 88 valence electrons. The molecule has 0 saturated carbocycles. The Labute approximate surface area is 98.0 Å². The monoisotopic (exact) mass is 219 g/mol. The lowest BCUT2D eigenvalue weighted by Crippen LogP contribution is -2.23. The maximum absolute atomic E-state index is 5.64. The van der Waals surface area contributed by atoms with Gasteiger partial charge in [-0.25, -0.2) is 0 Å². The highest BCUT2D eigenvalue weighted by Crippen LogP contribution is 2.34. The van der Waals surface area contributed by atoms with Crippen LogP contribution in [0.1, 0.15) is 32.3 Å². The zero-order valence-corrected chi connectivity index (χ0v) is 10.3. The molecule has 0 spiro atoms. The Kier molecular flexibility index (Phi) is 3.70. The number of hydrogen-bond donors (Lipinski definition) is 1. The number of rotatable bonds is 4. The predicted molar refractivity (Wildman–Crippen MR) is 68.2 cm³/mol. The minimum Gasteiger partial charge on any atom is -0.492 e. The molecular formula is C14H21NO. The van der Waals surface area contributed by atoms with Gasteiger partial charge in [-0.2, -0.15) is 0 Å². The van der Waals surface area contributed by atoms with Crippen LogP contribution in [-0.4, -0.2) is 13.2 Å². The van der Waals surface area contributed by atoms with E-state index < -0.39 is 0 Å². The molecule has 1 N–H and O–H groups in total. The highest BCUT2D eigenvalue weighted by atomic mass is 16.5. The van der Waals surface area contributed by atoms with E-state index in [4.69, 9.17) is 4.74 Å². The van der Waals surface area contributed by atoms with Crippen LogP contribution in [-0.2, 0) is 6.42 Å². The number of para-hydroxylation sites is 1. The molecule has 1 heterocycles. The van der Waals surface area contributed by atoms with Gasteiger partial charge in [-0.3, -0.25) is 0 Å². The summed E-state index contributed by atoms with van der Waals surface area (Å²) in [7, 11) is 0. The molecule has 2 nitrogen and oxygen atoms in total. The van der Waals surface area contributed by atoms with Crippen LogP contribution >= 0.6 is 0 Å². The van der Waals surface area contributed by atoms with E-state index in [0.717, 1.165) is 24.8 Å². The van der Waals surface area contributed by atoms with Gasteiger partial charge < -0.3 is 10.1 Å². The van der Waals surface area contributed by atoms with Crippen LogP contribution in [0.5, 0.6) is 5.75 Å². The van der Waals surface area contributed by atoms with E-state index >= 15 is 0 Å². The second-order valence-corrected chi connectivity index (χ2v) is 4.46. The van der Waals surface area contributed by atoms with Crippen molar-refractivity contribution >= 4 is 5.69 Å². The number of nitrogens with one attached hydrogen (secondary N) is 1. The Morgan fingerprint density at radius 2 is 2.25 bits per heavy atom. The summed E-state index contributed by atoms with van der Waals surface area (Å²) >= 11 is 0. The van der Waals surface area contributed by atoms with E-state index in [1.54, 1.807) is 0 Å². The average molecular weight is 219 g/mol. The van der Waals surface area contributed by atoms with Crippen molar-refractivity contribution in [2.45, 2.75) is 33.1 Å². The van der Waals surface area contributed by atoms with E-state index in [9.17, 15) is 0 Å². The first-order chi connectivity index (χ1) is 7.85. The SMILES string of the molecule is CCCC1CNc2c(cccc2OCC)C1. The zero-order valence-electron chi connectivity index (χ0n) is 10.3. The van der Waals surface area contributed by atoms with Crippen molar-refractivity contribution in [1.29, 1.82) is 0 Å². The second kappa shape index (κ2) is 5.24. The summed E-state index contributed by atoms with van der Waals surface area (Å²) in [5.74, 6) is 1.80. The molecule has 2 rings (SSSR count). The third-order valence-electron chi connectivity index (χ3n) is 3.19. The van der Waals surface area contributed by atoms with Gasteiger partial charge in [-0.15, -0.1) is 0 Å². The lowest BCUT2D eigenvalue weighted by atomic mass is 9.90. The van der Waals surface area contributed by atoms with Crippen LogP contribution < -0.4 is 10.1 Å². The molecule has 0 aromatic heterocycles. The van der Waals surface area contributed by atoms with Crippen molar-refractivity contribution in [3.8, 4) is 5.75 Å². The largest absolute Gasteiger partial charge is 0.492 e. The molecule has 1 aliphatic rings. The standard InChI is InChI=1S/C14H21NO/c1-3-6-11-9-12-7-5-8-13(16-4-2)14(12)15-10-11/h5,7-8,11,15H,3-4,6,9-10H2,1-2H3. The zero-order chi connectivity index (χ0) is 11.4. The van der Waals surface area contributed by atoms with E-state index in [1.807, 2.05) is 6.92 Å². The molecule has 0 aliphatic carbocycles. The third kappa shape index (κ3) is 2.31. The number of benzene rings is 1. The van der Waals surface area contributed by atoms with Crippen LogP contribution in [0.25, 0.3) is 0 Å². The van der Waals surface area contributed by atoms with Crippen molar-refractivity contribution in [1.82, 2.24) is 0 Å². The smallest absolute Gasteiger partial charge is 0.142 e. The molecule has 0 saturated heterocycles. The van der Waals surface area contributed by atoms with Crippen LogP contribution in [0.15, 0.2) is 18.2 Å². The molecule has 1 aromatic carbocycles. The Morgan fingerprint density at radius 3 is 3.00 bits per heavy atom. The van der Waals surface area contributed by atoms with Crippen molar-refractivity contribution in [2.24, 2.45) is 5.92 Å². The Morgan fingerprint density at radius 1 is 1.38 bits per heavy atom. The van der Waals surface area contributed by atoms with Gasteiger partial charge in [0, 0.05) is 6.54 Å². The Balaban J connectivity index is 2.17. The fourth-order valence-corrected chi connectivity index (χ4v) is 2.47. The summed E-state index contributed by atoms with van der Waals surface area (Å²) in [5, 5.41) is 3.53. The fraction of sp³-hybridized carbons (Fsp3) is 0.571. The lowest BCUT2D eigenvalue weighted by Gasteiger charge is -2.27. The van der Waals surface area contributed by atoms with E-state index in [2.05, 4.69) is 30.4 Å². The average Bonchev–Trinajstić information content (AvgIpc) is 2.30. The summed E-state index contributed by atoms with van der Waals surface area (Å²) in [6, 6.07) is 6.36. The number of fused-ring (bicyclic) bond motifs is 1. The summed E-state index contributed by atoms with van der Waals surface area (Å²) in [4.78, 5) is 0. The minimum absolute atomic E-state index is 0.733. The van der Waals surface area contributed by atoms with E-state index in [1.165, 1.54) is 30.5 Å². The summed E-state index contributed by atoms with van der Waals surface area (Å²) in [6.45, 7) is 6.11. The fourth-order valence-electron chi connectivity index (χ4n) is 2.47. The van der Waals surface area contributed by atoms with Gasteiger partial charge in [0.15, 0.2) is 0 Å². The quantitative estimate of drug-likeness (QED) is 0.837. The maximum Gasteiger partial charge on any atom is 0.142 e. The van der Waals surface area contributed by atoms with Gasteiger partial charge in [0.1, 0.15) is 5.75 Å². The first-order valence-electron chi connectivity index (χ1n) is 6.33. The van der Waals surface area contributed by atoms with Crippen molar-refractivity contribution in [2.75, 3.05) is 18.5 Å². The van der Waals surface area contributed by atoms with Gasteiger partial charge in [-0.05, 0) is 37.3 Å². The summed E-state index contributed by atoms with van der Waals surface area (Å²) in [6.07, 6.45) is 3.77. The van der Waals surface area contributed by atoms with Crippen LogP contribution in [0.3, 0.4) is 0 Å². The van der Waals surface area contributed by atoms with Gasteiger partial charge in [0.05, 0.1) is 12.3 Å². The minimum atomic E-state index is 0.733. The molecule has 16 heavy (non-hydrogen) atoms. The van der Waals surface area contributed by atoms with Crippen LogP contribution in [0.2, 0.25) is 0 Å². The molecule has 0 amide bonds. The molecule has 1 aromatic rings. The first-order valence-corrected chi connectivity index (χ1v) is 6.33. The highest BCUT2D eigenvalue weighted by molar-refractivity contribution is 5.63. The van der Waals surface area contributed by atoms with E-state index in [-0.39, 0.29) is 0 Å². The molecule has 0 radical (unpaired) electrons. The van der Waals surface area contributed by atoms with Crippen molar-refractivity contribution < 1.29 is 4.74 Å². The van der Waals surface area contributed by atoms with Gasteiger partial charge in [-0.1, -0.05) is 25.5 Å².